The fourth-order valence-corrected chi connectivity index (χ4v) is 3.92. The van der Waals surface area contributed by atoms with Crippen molar-refractivity contribution in [1.29, 1.82) is 5.26 Å². The van der Waals surface area contributed by atoms with Gasteiger partial charge in [-0.05, 0) is 65.9 Å². The number of carbonyl (C=O) groups excluding carboxylic acids is 2. The van der Waals surface area contributed by atoms with Crippen molar-refractivity contribution in [1.82, 2.24) is 4.90 Å². The molecule has 0 aliphatic carbocycles. The predicted molar refractivity (Wildman–Crippen MR) is 135 cm³/mol. The summed E-state index contributed by atoms with van der Waals surface area (Å²) in [5.41, 5.74) is 3.50. The van der Waals surface area contributed by atoms with E-state index in [1.54, 1.807) is 13.0 Å². The van der Waals surface area contributed by atoms with Crippen LogP contribution >= 0.6 is 11.6 Å². The van der Waals surface area contributed by atoms with Crippen molar-refractivity contribution >= 4 is 29.5 Å². The first kappa shape index (κ1) is 24.0. The van der Waals surface area contributed by atoms with Gasteiger partial charge in [-0.2, -0.15) is 5.26 Å². The Balaban J connectivity index is 1.51. The zero-order chi connectivity index (χ0) is 24.8. The van der Waals surface area contributed by atoms with Gasteiger partial charge in [-0.15, -0.1) is 0 Å². The second-order valence-electron chi connectivity index (χ2n) is 8.15. The maximum atomic E-state index is 13.2. The molecule has 2 amide bonds. The fraction of sp³-hybridized carbons (Fsp3) is 0.138. The van der Waals surface area contributed by atoms with E-state index in [1.807, 2.05) is 84.9 Å². The van der Waals surface area contributed by atoms with Crippen LogP contribution in [0.4, 0.5) is 0 Å². The normalized spacial score (nSPS) is 14.9. The Bertz CT molecular complexity index is 1340. The topological polar surface area (TPSA) is 70.4 Å². The minimum absolute atomic E-state index is 0.00757. The van der Waals surface area contributed by atoms with Crippen LogP contribution in [0.5, 0.6) is 5.75 Å². The van der Waals surface area contributed by atoms with Crippen molar-refractivity contribution in [3.05, 3.63) is 117 Å². The lowest BCUT2D eigenvalue weighted by atomic mass is 9.93. The molecule has 0 saturated heterocycles. The van der Waals surface area contributed by atoms with Crippen molar-refractivity contribution in [3.8, 4) is 11.8 Å². The Labute approximate surface area is 209 Å². The van der Waals surface area contributed by atoms with Crippen LogP contribution in [0, 0.1) is 11.3 Å². The molecule has 0 unspecified atom stereocenters. The number of halogens is 1. The zero-order valence-electron chi connectivity index (χ0n) is 19.2. The van der Waals surface area contributed by atoms with Crippen molar-refractivity contribution in [2.75, 3.05) is 6.54 Å². The molecule has 0 aromatic heterocycles. The quantitative estimate of drug-likeness (QED) is 0.317. The lowest BCUT2D eigenvalue weighted by Crippen LogP contribution is -2.43. The Morgan fingerprint density at radius 2 is 1.60 bits per heavy atom. The van der Waals surface area contributed by atoms with E-state index in [0.29, 0.717) is 34.9 Å². The van der Waals surface area contributed by atoms with Crippen LogP contribution in [0.1, 0.15) is 23.6 Å². The average Bonchev–Trinajstić information content (AvgIpc) is 2.88. The maximum Gasteiger partial charge on any atom is 0.271 e. The van der Waals surface area contributed by atoms with Crippen molar-refractivity contribution < 1.29 is 14.3 Å². The highest BCUT2D eigenvalue weighted by Gasteiger charge is 2.35. The van der Waals surface area contributed by atoms with Gasteiger partial charge in [0, 0.05) is 17.1 Å². The molecule has 0 spiro atoms. The molecule has 6 heteroatoms. The van der Waals surface area contributed by atoms with E-state index >= 15 is 0 Å². The standard InChI is InChI=1S/C29H23ClN2O3/c1-20-26(17-22-9-13-25(14-10-22)35-19-23-7-11-24(30)12-8-23)28(33)32(29(34)27(20)18-31)16-15-21-5-3-2-4-6-21/h2-14,17H,15-16,19H2,1H3/b26-17+. The summed E-state index contributed by atoms with van der Waals surface area (Å²) < 4.78 is 5.82. The first-order valence-electron chi connectivity index (χ1n) is 11.2. The van der Waals surface area contributed by atoms with Gasteiger partial charge in [0.05, 0.1) is 0 Å². The first-order chi connectivity index (χ1) is 17.0. The Kier molecular flexibility index (Phi) is 7.45. The van der Waals surface area contributed by atoms with Crippen LogP contribution in [0.3, 0.4) is 0 Å². The molecule has 174 valence electrons. The molecule has 4 rings (SSSR count). The average molecular weight is 483 g/mol. The fourth-order valence-electron chi connectivity index (χ4n) is 3.79. The van der Waals surface area contributed by atoms with E-state index in [4.69, 9.17) is 16.3 Å². The van der Waals surface area contributed by atoms with E-state index in [2.05, 4.69) is 0 Å². The molecule has 3 aromatic rings. The Morgan fingerprint density at radius 3 is 2.26 bits per heavy atom. The Hall–Kier alpha value is -4.14. The summed E-state index contributed by atoms with van der Waals surface area (Å²) in [5.74, 6) is -0.263. The highest BCUT2D eigenvalue weighted by molar-refractivity contribution is 6.30. The number of benzene rings is 3. The molecule has 0 fully saturated rings. The van der Waals surface area contributed by atoms with Gasteiger partial charge < -0.3 is 4.74 Å². The van der Waals surface area contributed by atoms with Crippen LogP contribution in [-0.2, 0) is 22.6 Å². The largest absolute Gasteiger partial charge is 0.489 e. The number of hydrogen-bond acceptors (Lipinski definition) is 4. The summed E-state index contributed by atoms with van der Waals surface area (Å²) in [6.45, 7) is 2.25. The van der Waals surface area contributed by atoms with E-state index < -0.39 is 11.8 Å². The molecule has 1 aliphatic rings. The van der Waals surface area contributed by atoms with Gasteiger partial charge in [-0.25, -0.2) is 0 Å². The molecule has 0 radical (unpaired) electrons. The summed E-state index contributed by atoms with van der Waals surface area (Å²) in [7, 11) is 0. The number of rotatable bonds is 7. The van der Waals surface area contributed by atoms with E-state index in [9.17, 15) is 14.9 Å². The van der Waals surface area contributed by atoms with Crippen molar-refractivity contribution in [3.63, 3.8) is 0 Å². The van der Waals surface area contributed by atoms with Crippen LogP contribution < -0.4 is 4.74 Å². The molecule has 0 saturated carbocycles. The summed E-state index contributed by atoms with van der Waals surface area (Å²) in [4.78, 5) is 27.2. The van der Waals surface area contributed by atoms with Crippen LogP contribution in [-0.4, -0.2) is 23.3 Å². The van der Waals surface area contributed by atoms with Gasteiger partial charge in [-0.1, -0.05) is 66.2 Å². The van der Waals surface area contributed by atoms with Crippen LogP contribution in [0.2, 0.25) is 5.02 Å². The monoisotopic (exact) mass is 482 g/mol. The number of carbonyl (C=O) groups is 2. The number of imide groups is 1. The highest BCUT2D eigenvalue weighted by atomic mass is 35.5. The van der Waals surface area contributed by atoms with E-state index in [0.717, 1.165) is 21.6 Å². The molecular weight excluding hydrogens is 460 g/mol. The SMILES string of the molecule is CC1=C(C#N)C(=O)N(CCc2ccccc2)C(=O)/C1=C/c1ccc(OCc2ccc(Cl)cc2)cc1. The third-order valence-corrected chi connectivity index (χ3v) is 6.05. The molecule has 0 bridgehead atoms. The van der Waals surface area contributed by atoms with Gasteiger partial charge in [0.15, 0.2) is 0 Å². The molecule has 1 heterocycles. The van der Waals surface area contributed by atoms with E-state index in [1.165, 1.54) is 0 Å². The zero-order valence-corrected chi connectivity index (χ0v) is 20.0. The minimum atomic E-state index is -0.547. The number of ether oxygens (including phenoxy) is 1. The maximum absolute atomic E-state index is 13.2. The van der Waals surface area contributed by atoms with E-state index in [-0.39, 0.29) is 12.1 Å². The van der Waals surface area contributed by atoms with Crippen molar-refractivity contribution in [2.45, 2.75) is 20.0 Å². The predicted octanol–water partition coefficient (Wildman–Crippen LogP) is 5.75. The number of nitriles is 1. The second kappa shape index (κ2) is 10.9. The molecule has 1 aliphatic heterocycles. The van der Waals surface area contributed by atoms with Gasteiger partial charge in [0.2, 0.25) is 0 Å². The van der Waals surface area contributed by atoms with Crippen LogP contribution in [0.15, 0.2) is 95.6 Å². The van der Waals surface area contributed by atoms with Gasteiger partial charge in [0.1, 0.15) is 24.0 Å². The number of hydrogen-bond donors (Lipinski definition) is 0. The summed E-state index contributed by atoms with van der Waals surface area (Å²) in [6.07, 6.45) is 2.23. The molecule has 5 nitrogen and oxygen atoms in total. The molecule has 0 atom stereocenters. The number of nitrogens with zero attached hydrogens (tertiary/aromatic N) is 2. The van der Waals surface area contributed by atoms with Crippen LogP contribution in [0.25, 0.3) is 6.08 Å². The number of amides is 2. The molecular formula is C29H23ClN2O3. The first-order valence-corrected chi connectivity index (χ1v) is 11.5. The summed E-state index contributed by atoms with van der Waals surface area (Å²) in [5, 5.41) is 10.3. The smallest absolute Gasteiger partial charge is 0.271 e. The van der Waals surface area contributed by atoms with Gasteiger partial charge >= 0.3 is 0 Å². The Morgan fingerprint density at radius 1 is 0.914 bits per heavy atom. The third kappa shape index (κ3) is 5.68. The minimum Gasteiger partial charge on any atom is -0.489 e. The lowest BCUT2D eigenvalue weighted by Gasteiger charge is -2.27. The molecule has 3 aromatic carbocycles. The molecule has 35 heavy (non-hydrogen) atoms. The third-order valence-electron chi connectivity index (χ3n) is 5.80. The summed E-state index contributed by atoms with van der Waals surface area (Å²) in [6, 6.07) is 26.3. The highest BCUT2D eigenvalue weighted by Crippen LogP contribution is 2.28. The molecule has 0 N–H and O–H groups in total. The van der Waals surface area contributed by atoms with Crippen molar-refractivity contribution in [2.24, 2.45) is 0 Å². The lowest BCUT2D eigenvalue weighted by molar-refractivity contribution is -0.140. The second-order valence-corrected chi connectivity index (χ2v) is 8.59. The summed E-state index contributed by atoms with van der Waals surface area (Å²) >= 11 is 5.91. The van der Waals surface area contributed by atoms with Gasteiger partial charge in [-0.3, -0.25) is 14.5 Å². The van der Waals surface area contributed by atoms with Gasteiger partial charge in [0.25, 0.3) is 11.8 Å².